The van der Waals surface area contributed by atoms with Gasteiger partial charge in [0.05, 0.1) is 0 Å². The van der Waals surface area contributed by atoms with Crippen LogP contribution in [-0.2, 0) is 0 Å². The van der Waals surface area contributed by atoms with Crippen molar-refractivity contribution in [2.24, 2.45) is 0 Å². The molecule has 30 heavy (non-hydrogen) atoms. The van der Waals surface area contributed by atoms with Gasteiger partial charge in [-0.05, 0) is 48.2 Å². The molecule has 1 nitrogen and oxygen atoms in total. The Morgan fingerprint density at radius 2 is 0.967 bits per heavy atom. The highest BCUT2D eigenvalue weighted by Crippen LogP contribution is 2.73. The zero-order valence-electron chi connectivity index (χ0n) is 16.2. The van der Waals surface area contributed by atoms with Crippen molar-refractivity contribution in [2.75, 3.05) is 0 Å². The van der Waals surface area contributed by atoms with Crippen LogP contribution in [0.3, 0.4) is 0 Å². The predicted octanol–water partition coefficient (Wildman–Crippen LogP) is 2.57. The molecule has 1 unspecified atom stereocenters. The van der Waals surface area contributed by atoms with Gasteiger partial charge in [-0.25, -0.2) is 0 Å². The van der Waals surface area contributed by atoms with E-state index in [0.29, 0.717) is 0 Å². The third-order valence-corrected chi connectivity index (χ3v) is 12.0. The van der Waals surface area contributed by atoms with Crippen LogP contribution in [0.5, 0.6) is 0 Å². The monoisotopic (exact) mass is 490 g/mol. The summed E-state index contributed by atoms with van der Waals surface area (Å²) in [5, 5.41) is 4.09. The van der Waals surface area contributed by atoms with Crippen molar-refractivity contribution in [3.63, 3.8) is 0 Å². The number of carbonyl (C=O) groups is 1. The average Bonchev–Trinajstić information content (AvgIpc) is 3.14. The lowest BCUT2D eigenvalue weighted by Crippen LogP contribution is -3.00. The number of hydrogen-bond donors (Lipinski definition) is 0. The second-order valence-corrected chi connectivity index (χ2v) is 12.0. The highest BCUT2D eigenvalue weighted by molar-refractivity contribution is 8.23. The van der Waals surface area contributed by atoms with Gasteiger partial charge in [0.15, 0.2) is 4.99 Å². The van der Waals surface area contributed by atoms with E-state index >= 15 is 0 Å². The standard InChI is InChI=1S/C26H20OPS.BrH/c27-25-23-18-10-11-19-24(23)26(29-25)28(20-12-4-1-5-13-20,21-14-6-2-7-15-21)22-16-8-3-9-17-22;/h1-19,26H;1H/q+1;/p-1. The van der Waals surface area contributed by atoms with Gasteiger partial charge in [0, 0.05) is 11.1 Å². The molecule has 0 radical (unpaired) electrons. The molecule has 1 heterocycles. The summed E-state index contributed by atoms with van der Waals surface area (Å²) in [5.74, 6) is 0. The van der Waals surface area contributed by atoms with Crippen molar-refractivity contribution < 1.29 is 21.8 Å². The molecule has 0 aliphatic carbocycles. The maximum absolute atomic E-state index is 13.0. The minimum Gasteiger partial charge on any atom is -1.00 e. The summed E-state index contributed by atoms with van der Waals surface area (Å²) in [7, 11) is -2.13. The SMILES string of the molecule is O=C1SC([P+](c2ccccc2)(c2ccccc2)c2ccccc2)c2ccccc21.[Br-]. The first-order chi connectivity index (χ1) is 14.3. The van der Waals surface area contributed by atoms with E-state index in [1.165, 1.54) is 27.7 Å². The van der Waals surface area contributed by atoms with Gasteiger partial charge in [-0.15, -0.1) is 0 Å². The number of benzene rings is 4. The largest absolute Gasteiger partial charge is 1.00 e. The van der Waals surface area contributed by atoms with Crippen LogP contribution in [0.25, 0.3) is 0 Å². The third-order valence-electron chi connectivity index (χ3n) is 5.51. The van der Waals surface area contributed by atoms with Gasteiger partial charge in [-0.2, -0.15) is 0 Å². The molecule has 0 fully saturated rings. The fourth-order valence-corrected chi connectivity index (χ4v) is 11.4. The number of fused-ring (bicyclic) bond motifs is 1. The van der Waals surface area contributed by atoms with Crippen LogP contribution in [0.15, 0.2) is 115 Å². The fourth-order valence-electron chi connectivity index (χ4n) is 4.26. The molecule has 1 aliphatic heterocycles. The number of halogens is 1. The molecule has 4 aromatic rings. The summed E-state index contributed by atoms with van der Waals surface area (Å²) in [6, 6.07) is 40.4. The summed E-state index contributed by atoms with van der Waals surface area (Å²) >= 11 is 1.50. The molecule has 148 valence electrons. The Kier molecular flexibility index (Phi) is 6.24. The maximum atomic E-state index is 13.0. The lowest BCUT2D eigenvalue weighted by atomic mass is 10.1. The molecular weight excluding hydrogens is 471 g/mol. The van der Waals surface area contributed by atoms with Crippen LogP contribution in [0.2, 0.25) is 0 Å². The molecule has 0 aromatic heterocycles. The molecule has 0 amide bonds. The molecule has 0 saturated carbocycles. The van der Waals surface area contributed by atoms with Crippen LogP contribution in [0, 0.1) is 0 Å². The Balaban J connectivity index is 0.00000218. The fraction of sp³-hybridized carbons (Fsp3) is 0.0385. The minimum absolute atomic E-state index is 0. The molecular formula is C26H20BrOPS. The molecule has 1 atom stereocenters. The highest BCUT2D eigenvalue weighted by atomic mass is 79.9. The summed E-state index contributed by atoms with van der Waals surface area (Å²) in [6.07, 6.45) is 0. The lowest BCUT2D eigenvalue weighted by Gasteiger charge is -2.32. The average molecular weight is 491 g/mol. The second kappa shape index (κ2) is 8.89. The van der Waals surface area contributed by atoms with Crippen LogP contribution in [0.4, 0.5) is 0 Å². The molecule has 0 N–H and O–H groups in total. The number of thioether (sulfide) groups is 1. The van der Waals surface area contributed by atoms with Crippen molar-refractivity contribution in [3.05, 3.63) is 126 Å². The molecule has 0 saturated heterocycles. The highest BCUT2D eigenvalue weighted by Gasteiger charge is 2.57. The zero-order chi connectivity index (χ0) is 19.7. The van der Waals surface area contributed by atoms with Gasteiger partial charge in [0.1, 0.15) is 23.2 Å². The Morgan fingerprint density at radius 1 is 0.567 bits per heavy atom. The van der Waals surface area contributed by atoms with Gasteiger partial charge in [-0.3, -0.25) is 4.79 Å². The Labute approximate surface area is 192 Å². The first-order valence-corrected chi connectivity index (χ1v) is 12.4. The molecule has 4 heteroatoms. The molecule has 0 bridgehead atoms. The van der Waals surface area contributed by atoms with Crippen LogP contribution in [-0.4, -0.2) is 5.12 Å². The molecule has 1 aliphatic rings. The Bertz CT molecular complexity index is 1050. The van der Waals surface area contributed by atoms with E-state index in [1.54, 1.807) is 0 Å². The van der Waals surface area contributed by atoms with Gasteiger partial charge in [0.25, 0.3) is 0 Å². The Hall–Kier alpha value is -2.19. The van der Waals surface area contributed by atoms with Crippen LogP contribution >= 0.6 is 19.0 Å². The van der Waals surface area contributed by atoms with E-state index in [-0.39, 0.29) is 27.1 Å². The summed E-state index contributed by atoms with van der Waals surface area (Å²) in [4.78, 5) is 13.1. The topological polar surface area (TPSA) is 17.1 Å². The van der Waals surface area contributed by atoms with E-state index in [0.717, 1.165) is 11.1 Å². The van der Waals surface area contributed by atoms with Crippen molar-refractivity contribution in [1.29, 1.82) is 0 Å². The number of hydrogen-bond acceptors (Lipinski definition) is 2. The summed E-state index contributed by atoms with van der Waals surface area (Å²) in [6.45, 7) is 0. The van der Waals surface area contributed by atoms with Crippen LogP contribution < -0.4 is 32.9 Å². The molecule has 4 aromatic carbocycles. The third kappa shape index (κ3) is 3.36. The first kappa shape index (κ1) is 21.1. The second-order valence-electron chi connectivity index (χ2n) is 7.07. The lowest BCUT2D eigenvalue weighted by molar-refractivity contribution is -0.0000122. The minimum atomic E-state index is -2.13. The van der Waals surface area contributed by atoms with Gasteiger partial charge in [0.2, 0.25) is 5.12 Å². The first-order valence-electron chi connectivity index (χ1n) is 9.67. The Morgan fingerprint density at radius 3 is 1.43 bits per heavy atom. The van der Waals surface area contributed by atoms with E-state index < -0.39 is 7.26 Å². The maximum Gasteiger partial charge on any atom is 0.223 e. The summed E-state index contributed by atoms with van der Waals surface area (Å²) in [5.41, 5.74) is 2.02. The van der Waals surface area contributed by atoms with Crippen LogP contribution in [0.1, 0.15) is 20.9 Å². The predicted molar refractivity (Wildman–Crippen MR) is 126 cm³/mol. The number of carbonyl (C=O) groups excluding carboxylic acids is 1. The summed E-state index contributed by atoms with van der Waals surface area (Å²) < 4.78 is 0. The van der Waals surface area contributed by atoms with Crippen molar-refractivity contribution in [3.8, 4) is 0 Å². The van der Waals surface area contributed by atoms with Crippen molar-refractivity contribution in [2.45, 2.75) is 4.99 Å². The van der Waals surface area contributed by atoms with E-state index in [2.05, 4.69) is 103 Å². The van der Waals surface area contributed by atoms with E-state index in [4.69, 9.17) is 0 Å². The smallest absolute Gasteiger partial charge is 0.223 e. The van der Waals surface area contributed by atoms with Crippen molar-refractivity contribution >= 4 is 40.1 Å². The van der Waals surface area contributed by atoms with E-state index in [9.17, 15) is 4.79 Å². The number of rotatable bonds is 4. The zero-order valence-corrected chi connectivity index (χ0v) is 19.5. The van der Waals surface area contributed by atoms with E-state index in [1.807, 2.05) is 12.1 Å². The van der Waals surface area contributed by atoms with Gasteiger partial charge < -0.3 is 17.0 Å². The normalized spacial score (nSPS) is 15.3. The molecule has 0 spiro atoms. The van der Waals surface area contributed by atoms with Gasteiger partial charge >= 0.3 is 0 Å². The molecule has 5 rings (SSSR count). The van der Waals surface area contributed by atoms with Gasteiger partial charge in [-0.1, -0.05) is 78.9 Å². The quantitative estimate of drug-likeness (QED) is 0.409. The van der Waals surface area contributed by atoms with Crippen molar-refractivity contribution in [1.82, 2.24) is 0 Å².